The van der Waals surface area contributed by atoms with Gasteiger partial charge in [-0.25, -0.2) is 4.79 Å². The number of benzene rings is 3. The molecule has 0 radical (unpaired) electrons. The molecule has 40 heavy (non-hydrogen) atoms. The third-order valence-electron chi connectivity index (χ3n) is 8.61. The molecule has 5 rings (SSSR count). The Morgan fingerprint density at radius 1 is 0.900 bits per heavy atom. The van der Waals surface area contributed by atoms with Crippen LogP contribution in [0.1, 0.15) is 66.4 Å². The maximum Gasteiger partial charge on any atom is 0.338 e. The summed E-state index contributed by atoms with van der Waals surface area (Å²) in [6, 6.07) is 24.2. The lowest BCUT2D eigenvalue weighted by Crippen LogP contribution is -2.27. The molecular formula is C35H42O5. The predicted octanol–water partition coefficient (Wildman–Crippen LogP) is 7.79. The smallest absolute Gasteiger partial charge is 0.338 e. The molecule has 3 aromatic carbocycles. The molecule has 1 saturated carbocycles. The minimum Gasteiger partial charge on any atom is -0.496 e. The Labute approximate surface area is 238 Å². The van der Waals surface area contributed by atoms with Gasteiger partial charge in [0, 0.05) is 13.2 Å². The van der Waals surface area contributed by atoms with Crippen LogP contribution in [0.3, 0.4) is 0 Å². The van der Waals surface area contributed by atoms with Gasteiger partial charge in [0.25, 0.3) is 0 Å². The van der Waals surface area contributed by atoms with Gasteiger partial charge in [0.1, 0.15) is 11.9 Å². The van der Waals surface area contributed by atoms with Gasteiger partial charge in [-0.15, -0.1) is 0 Å². The van der Waals surface area contributed by atoms with Crippen LogP contribution in [0, 0.1) is 18.8 Å². The van der Waals surface area contributed by atoms with Crippen molar-refractivity contribution >= 4 is 5.97 Å². The molecule has 1 heterocycles. The fourth-order valence-corrected chi connectivity index (χ4v) is 6.33. The van der Waals surface area contributed by atoms with E-state index in [0.717, 1.165) is 68.4 Å². The first-order valence-electron chi connectivity index (χ1n) is 14.8. The second-order valence-electron chi connectivity index (χ2n) is 11.1. The molecule has 0 N–H and O–H groups in total. The van der Waals surface area contributed by atoms with Crippen LogP contribution in [-0.4, -0.2) is 38.7 Å². The lowest BCUT2D eigenvalue weighted by Gasteiger charge is -2.27. The van der Waals surface area contributed by atoms with E-state index in [9.17, 15) is 4.79 Å². The van der Waals surface area contributed by atoms with Gasteiger partial charge >= 0.3 is 5.97 Å². The number of hydrogen-bond donors (Lipinski definition) is 0. The molecule has 0 bridgehead atoms. The van der Waals surface area contributed by atoms with Crippen LogP contribution in [0.2, 0.25) is 0 Å². The van der Waals surface area contributed by atoms with E-state index in [1.807, 2.05) is 48.5 Å². The number of esters is 1. The molecular weight excluding hydrogens is 500 g/mol. The first-order chi connectivity index (χ1) is 19.6. The zero-order chi connectivity index (χ0) is 27.7. The van der Waals surface area contributed by atoms with Crippen molar-refractivity contribution in [2.45, 2.75) is 70.7 Å². The van der Waals surface area contributed by atoms with E-state index in [4.69, 9.17) is 18.9 Å². The van der Waals surface area contributed by atoms with E-state index in [0.29, 0.717) is 18.1 Å². The molecule has 4 atom stereocenters. The van der Waals surface area contributed by atoms with Gasteiger partial charge in [0.05, 0.1) is 12.7 Å². The van der Waals surface area contributed by atoms with Gasteiger partial charge in [-0.05, 0) is 111 Å². The molecule has 0 amide bonds. The predicted molar refractivity (Wildman–Crippen MR) is 158 cm³/mol. The van der Waals surface area contributed by atoms with E-state index >= 15 is 0 Å². The van der Waals surface area contributed by atoms with Gasteiger partial charge < -0.3 is 18.9 Å². The molecule has 0 spiro atoms. The van der Waals surface area contributed by atoms with Gasteiger partial charge in [-0.2, -0.15) is 0 Å². The van der Waals surface area contributed by atoms with E-state index in [2.05, 4.69) is 31.2 Å². The van der Waals surface area contributed by atoms with E-state index < -0.39 is 0 Å². The van der Waals surface area contributed by atoms with Crippen molar-refractivity contribution in [2.75, 3.05) is 20.3 Å². The Balaban J connectivity index is 1.24. The van der Waals surface area contributed by atoms with Crippen molar-refractivity contribution in [1.29, 1.82) is 0 Å². The summed E-state index contributed by atoms with van der Waals surface area (Å²) in [4.78, 5) is 13.3. The number of carbonyl (C=O) groups excluding carboxylic acids is 1. The highest BCUT2D eigenvalue weighted by Gasteiger charge is 2.38. The highest BCUT2D eigenvalue weighted by Crippen LogP contribution is 2.41. The summed E-state index contributed by atoms with van der Waals surface area (Å²) in [6.45, 7) is 3.60. The topological polar surface area (TPSA) is 54.0 Å². The summed E-state index contributed by atoms with van der Waals surface area (Å²) in [6.07, 6.45) is 7.88. The average molecular weight is 543 g/mol. The Hall–Kier alpha value is -3.15. The molecule has 1 aliphatic carbocycles. The van der Waals surface area contributed by atoms with E-state index in [1.54, 1.807) is 7.11 Å². The Morgan fingerprint density at radius 2 is 1.70 bits per heavy atom. The molecule has 0 aromatic heterocycles. The average Bonchev–Trinajstić information content (AvgIpc) is 3.37. The first kappa shape index (κ1) is 28.4. The Morgan fingerprint density at radius 3 is 2.45 bits per heavy atom. The van der Waals surface area contributed by atoms with Crippen LogP contribution in [0.15, 0.2) is 72.8 Å². The number of hydrogen-bond acceptors (Lipinski definition) is 5. The van der Waals surface area contributed by atoms with Crippen molar-refractivity contribution in [3.8, 4) is 16.9 Å². The molecule has 1 unspecified atom stereocenters. The highest BCUT2D eigenvalue weighted by molar-refractivity contribution is 5.90. The molecule has 1 saturated heterocycles. The summed E-state index contributed by atoms with van der Waals surface area (Å²) in [5, 5.41) is 0. The molecule has 1 aliphatic heterocycles. The fraction of sp³-hybridized carbons (Fsp3) is 0.457. The number of methoxy groups -OCH3 is 1. The monoisotopic (exact) mass is 542 g/mol. The largest absolute Gasteiger partial charge is 0.496 e. The van der Waals surface area contributed by atoms with Crippen molar-refractivity contribution in [2.24, 2.45) is 11.8 Å². The van der Waals surface area contributed by atoms with Crippen LogP contribution in [0.4, 0.5) is 0 Å². The minimum absolute atomic E-state index is 0.0694. The summed E-state index contributed by atoms with van der Waals surface area (Å²) in [5.41, 5.74) is 5.33. The zero-order valence-corrected chi connectivity index (χ0v) is 23.8. The van der Waals surface area contributed by atoms with Crippen molar-refractivity contribution in [1.82, 2.24) is 0 Å². The van der Waals surface area contributed by atoms with Crippen LogP contribution in [-0.2, 0) is 20.6 Å². The Bertz CT molecular complexity index is 1220. The summed E-state index contributed by atoms with van der Waals surface area (Å²) in [5.74, 6) is 1.42. The summed E-state index contributed by atoms with van der Waals surface area (Å²) in [7, 11) is 1.72. The number of carbonyl (C=O) groups is 1. The fourth-order valence-electron chi connectivity index (χ4n) is 6.33. The van der Waals surface area contributed by atoms with Crippen molar-refractivity contribution < 1.29 is 23.7 Å². The SMILES string of the molecule is COc1cccc(C[C@H]2CC[C@@H](OC(=O)c3ccc(-c4ccccc4)cc3)[C@@H]2CCCOC2CCCCO2)c1C. The quantitative estimate of drug-likeness (QED) is 0.183. The second kappa shape index (κ2) is 14.0. The van der Waals surface area contributed by atoms with Crippen LogP contribution in [0.25, 0.3) is 11.1 Å². The lowest BCUT2D eigenvalue weighted by atomic mass is 9.84. The van der Waals surface area contributed by atoms with Crippen molar-refractivity contribution in [3.63, 3.8) is 0 Å². The van der Waals surface area contributed by atoms with E-state index in [-0.39, 0.29) is 24.3 Å². The summed E-state index contributed by atoms with van der Waals surface area (Å²) >= 11 is 0. The molecule has 3 aromatic rings. The zero-order valence-electron chi connectivity index (χ0n) is 23.8. The second-order valence-corrected chi connectivity index (χ2v) is 11.1. The maximum absolute atomic E-state index is 13.3. The maximum atomic E-state index is 13.3. The van der Waals surface area contributed by atoms with Crippen LogP contribution < -0.4 is 4.74 Å². The molecule has 2 fully saturated rings. The van der Waals surface area contributed by atoms with Crippen LogP contribution >= 0.6 is 0 Å². The third kappa shape index (κ3) is 7.13. The summed E-state index contributed by atoms with van der Waals surface area (Å²) < 4.78 is 23.6. The van der Waals surface area contributed by atoms with Gasteiger partial charge in [-0.3, -0.25) is 0 Å². The van der Waals surface area contributed by atoms with Crippen molar-refractivity contribution in [3.05, 3.63) is 89.5 Å². The highest BCUT2D eigenvalue weighted by atomic mass is 16.7. The molecule has 5 heteroatoms. The minimum atomic E-state index is -0.236. The van der Waals surface area contributed by atoms with E-state index in [1.165, 1.54) is 17.5 Å². The van der Waals surface area contributed by atoms with Gasteiger partial charge in [-0.1, -0.05) is 54.6 Å². The standard InChI is InChI=1S/C35H42O5/c1-25-29(12-8-14-32(25)37-2)24-30-20-21-33(31(30)13-9-23-39-34-15-6-7-22-38-34)40-35(36)28-18-16-27(17-19-28)26-10-4-3-5-11-26/h3-5,8,10-12,14,16-19,30-31,33-34H,6-7,9,13,15,20-24H2,1-2H3/t30-,31-,33-,34?/m1/s1. The molecule has 2 aliphatic rings. The number of rotatable bonds is 11. The van der Waals surface area contributed by atoms with Gasteiger partial charge in [0.15, 0.2) is 6.29 Å². The third-order valence-corrected chi connectivity index (χ3v) is 8.61. The van der Waals surface area contributed by atoms with Gasteiger partial charge in [0.2, 0.25) is 0 Å². The normalized spacial score (nSPS) is 22.6. The number of ether oxygens (including phenoxy) is 4. The molecule has 5 nitrogen and oxygen atoms in total. The lowest BCUT2D eigenvalue weighted by molar-refractivity contribution is -0.163. The first-order valence-corrected chi connectivity index (χ1v) is 14.8. The molecule has 212 valence electrons. The Kier molecular flexibility index (Phi) is 9.90. The van der Waals surface area contributed by atoms with Crippen LogP contribution in [0.5, 0.6) is 5.75 Å².